The summed E-state index contributed by atoms with van der Waals surface area (Å²) in [6, 6.07) is 14.2. The number of benzene rings is 2. The van der Waals surface area contributed by atoms with E-state index in [4.69, 9.17) is 0 Å². The second-order valence-electron chi connectivity index (χ2n) is 7.84. The van der Waals surface area contributed by atoms with Crippen molar-refractivity contribution in [2.45, 2.75) is 31.0 Å². The van der Waals surface area contributed by atoms with Gasteiger partial charge in [-0.05, 0) is 44.0 Å². The molecule has 0 radical (unpaired) electrons. The standard InChI is InChI=1S/C23H24FN5O2S/c1-15-7-9-16(10-8-15)25-20(30)13-28(2)21(31)14-32-23-27-26-22(29(23)17-11-12-17)18-5-3-4-6-19(18)24/h3-10,17H,11-14H2,1-2H3,(H,25,30). The summed E-state index contributed by atoms with van der Waals surface area (Å²) < 4.78 is 16.2. The molecule has 2 amide bonds. The van der Waals surface area contributed by atoms with Crippen molar-refractivity contribution in [3.05, 3.63) is 59.9 Å². The zero-order chi connectivity index (χ0) is 22.7. The van der Waals surface area contributed by atoms with Crippen molar-refractivity contribution in [2.24, 2.45) is 0 Å². The monoisotopic (exact) mass is 453 g/mol. The third kappa shape index (κ3) is 5.16. The Labute approximate surface area is 190 Å². The van der Waals surface area contributed by atoms with Crippen molar-refractivity contribution in [1.82, 2.24) is 19.7 Å². The van der Waals surface area contributed by atoms with Crippen molar-refractivity contribution in [3.8, 4) is 11.4 Å². The van der Waals surface area contributed by atoms with Crippen molar-refractivity contribution >= 4 is 29.3 Å². The minimum atomic E-state index is -0.353. The van der Waals surface area contributed by atoms with Gasteiger partial charge in [-0.3, -0.25) is 14.2 Å². The molecule has 2 aromatic carbocycles. The topological polar surface area (TPSA) is 80.1 Å². The van der Waals surface area contributed by atoms with E-state index >= 15 is 0 Å². The van der Waals surface area contributed by atoms with Gasteiger partial charge in [-0.25, -0.2) is 4.39 Å². The molecule has 7 nitrogen and oxygen atoms in total. The molecule has 1 heterocycles. The summed E-state index contributed by atoms with van der Waals surface area (Å²) in [5.41, 5.74) is 2.19. The van der Waals surface area contributed by atoms with Crippen LogP contribution in [0.3, 0.4) is 0 Å². The van der Waals surface area contributed by atoms with Crippen molar-refractivity contribution < 1.29 is 14.0 Å². The lowest BCUT2D eigenvalue weighted by atomic mass is 10.2. The van der Waals surface area contributed by atoms with Crippen LogP contribution in [-0.2, 0) is 9.59 Å². The number of rotatable bonds is 8. The van der Waals surface area contributed by atoms with Gasteiger partial charge >= 0.3 is 0 Å². The SMILES string of the molecule is Cc1ccc(NC(=O)CN(C)C(=O)CSc2nnc(-c3ccccc3F)n2C2CC2)cc1. The molecule has 0 unspecified atom stereocenters. The van der Waals surface area contributed by atoms with Gasteiger partial charge in [0.1, 0.15) is 5.82 Å². The number of nitrogens with one attached hydrogen (secondary N) is 1. The summed E-state index contributed by atoms with van der Waals surface area (Å²) in [6.07, 6.45) is 1.94. The number of carbonyl (C=O) groups excluding carboxylic acids is 2. The average Bonchev–Trinajstić information content (AvgIpc) is 3.53. The van der Waals surface area contributed by atoms with Crippen LogP contribution in [0.1, 0.15) is 24.4 Å². The molecule has 1 saturated carbocycles. The minimum Gasteiger partial charge on any atom is -0.336 e. The van der Waals surface area contributed by atoms with E-state index in [2.05, 4.69) is 15.5 Å². The van der Waals surface area contributed by atoms with Crippen LogP contribution in [0.4, 0.5) is 10.1 Å². The summed E-state index contributed by atoms with van der Waals surface area (Å²) in [4.78, 5) is 26.2. The number of amides is 2. The lowest BCUT2D eigenvalue weighted by molar-refractivity contribution is -0.131. The maximum Gasteiger partial charge on any atom is 0.243 e. The van der Waals surface area contributed by atoms with Crippen LogP contribution in [0.25, 0.3) is 11.4 Å². The lowest BCUT2D eigenvalue weighted by Gasteiger charge is -2.17. The second kappa shape index (κ2) is 9.52. The fourth-order valence-corrected chi connectivity index (χ4v) is 4.19. The van der Waals surface area contributed by atoms with E-state index in [1.165, 1.54) is 22.7 Å². The zero-order valence-corrected chi connectivity index (χ0v) is 18.7. The highest BCUT2D eigenvalue weighted by molar-refractivity contribution is 7.99. The highest BCUT2D eigenvalue weighted by atomic mass is 32.2. The van der Waals surface area contributed by atoms with E-state index in [9.17, 15) is 14.0 Å². The molecule has 166 valence electrons. The third-order valence-corrected chi connectivity index (χ3v) is 6.09. The highest BCUT2D eigenvalue weighted by Gasteiger charge is 2.31. The quantitative estimate of drug-likeness (QED) is 0.523. The molecule has 0 saturated heterocycles. The predicted molar refractivity (Wildman–Crippen MR) is 122 cm³/mol. The summed E-state index contributed by atoms with van der Waals surface area (Å²) >= 11 is 1.25. The van der Waals surface area contributed by atoms with Gasteiger partial charge in [-0.15, -0.1) is 10.2 Å². The summed E-state index contributed by atoms with van der Waals surface area (Å²) in [5.74, 6) is -0.235. The minimum absolute atomic E-state index is 0.0525. The van der Waals surface area contributed by atoms with Crippen LogP contribution in [0, 0.1) is 12.7 Å². The van der Waals surface area contributed by atoms with Gasteiger partial charge in [0, 0.05) is 18.8 Å². The molecule has 1 aromatic heterocycles. The Kier molecular flexibility index (Phi) is 6.55. The molecule has 0 spiro atoms. The Hall–Kier alpha value is -3.20. The van der Waals surface area contributed by atoms with Gasteiger partial charge in [0.2, 0.25) is 11.8 Å². The highest BCUT2D eigenvalue weighted by Crippen LogP contribution is 2.41. The first-order chi connectivity index (χ1) is 15.4. The normalized spacial score (nSPS) is 13.1. The summed E-state index contributed by atoms with van der Waals surface area (Å²) in [7, 11) is 1.59. The Balaban J connectivity index is 1.37. The molecule has 0 bridgehead atoms. The van der Waals surface area contributed by atoms with Gasteiger partial charge in [-0.2, -0.15) is 0 Å². The number of aryl methyl sites for hydroxylation is 1. The molecule has 1 aliphatic carbocycles. The first kappa shape index (κ1) is 22.0. The molecule has 9 heteroatoms. The number of anilines is 1. The summed E-state index contributed by atoms with van der Waals surface area (Å²) in [6.45, 7) is 1.92. The molecular formula is C23H24FN5O2S. The van der Waals surface area contributed by atoms with Gasteiger partial charge in [0.15, 0.2) is 11.0 Å². The lowest BCUT2D eigenvalue weighted by Crippen LogP contribution is -2.36. The Morgan fingerprint density at radius 1 is 1.16 bits per heavy atom. The molecule has 3 aromatic rings. The number of hydrogen-bond acceptors (Lipinski definition) is 5. The first-order valence-corrected chi connectivity index (χ1v) is 11.3. The maximum absolute atomic E-state index is 14.3. The predicted octanol–water partition coefficient (Wildman–Crippen LogP) is 3.92. The van der Waals surface area contributed by atoms with Crippen LogP contribution in [0.2, 0.25) is 0 Å². The van der Waals surface area contributed by atoms with Crippen molar-refractivity contribution in [3.63, 3.8) is 0 Å². The van der Waals surface area contributed by atoms with Gasteiger partial charge in [0.05, 0.1) is 17.9 Å². The second-order valence-corrected chi connectivity index (χ2v) is 8.78. The molecule has 1 N–H and O–H groups in total. The first-order valence-electron chi connectivity index (χ1n) is 10.4. The van der Waals surface area contributed by atoms with E-state index in [0.29, 0.717) is 22.2 Å². The van der Waals surface area contributed by atoms with Crippen LogP contribution in [0.5, 0.6) is 0 Å². The fourth-order valence-electron chi connectivity index (χ4n) is 3.24. The van der Waals surface area contributed by atoms with E-state index in [1.807, 2.05) is 35.8 Å². The number of likely N-dealkylation sites (N-methyl/N-ethyl adjacent to an activating group) is 1. The smallest absolute Gasteiger partial charge is 0.243 e. The number of nitrogens with zero attached hydrogens (tertiary/aromatic N) is 4. The van der Waals surface area contributed by atoms with E-state index in [1.54, 1.807) is 25.2 Å². The van der Waals surface area contributed by atoms with Gasteiger partial charge in [-0.1, -0.05) is 41.6 Å². The number of thioether (sulfide) groups is 1. The van der Waals surface area contributed by atoms with E-state index in [-0.39, 0.29) is 36.0 Å². The van der Waals surface area contributed by atoms with Crippen LogP contribution in [-0.4, -0.2) is 50.8 Å². The zero-order valence-electron chi connectivity index (χ0n) is 17.9. The third-order valence-electron chi connectivity index (χ3n) is 5.16. The Morgan fingerprint density at radius 3 is 2.56 bits per heavy atom. The molecule has 4 rings (SSSR count). The Morgan fingerprint density at radius 2 is 1.88 bits per heavy atom. The maximum atomic E-state index is 14.3. The number of halogens is 1. The molecular weight excluding hydrogens is 429 g/mol. The number of carbonyl (C=O) groups is 2. The van der Waals surface area contributed by atoms with Crippen LogP contribution < -0.4 is 5.32 Å². The van der Waals surface area contributed by atoms with E-state index < -0.39 is 0 Å². The van der Waals surface area contributed by atoms with Crippen molar-refractivity contribution in [2.75, 3.05) is 24.7 Å². The number of hydrogen-bond donors (Lipinski definition) is 1. The molecule has 32 heavy (non-hydrogen) atoms. The molecule has 0 aliphatic heterocycles. The Bertz CT molecular complexity index is 1130. The number of aromatic nitrogens is 3. The molecule has 1 fully saturated rings. The fraction of sp³-hybridized carbons (Fsp3) is 0.304. The van der Waals surface area contributed by atoms with Crippen LogP contribution >= 0.6 is 11.8 Å². The van der Waals surface area contributed by atoms with Gasteiger partial charge in [0.25, 0.3) is 0 Å². The van der Waals surface area contributed by atoms with Gasteiger partial charge < -0.3 is 10.2 Å². The molecule has 1 aliphatic rings. The van der Waals surface area contributed by atoms with Crippen molar-refractivity contribution in [1.29, 1.82) is 0 Å². The summed E-state index contributed by atoms with van der Waals surface area (Å²) in [5, 5.41) is 11.8. The molecule has 0 atom stereocenters. The van der Waals surface area contributed by atoms with E-state index in [0.717, 1.165) is 18.4 Å². The average molecular weight is 454 g/mol. The largest absolute Gasteiger partial charge is 0.336 e. The van der Waals surface area contributed by atoms with Crippen LogP contribution in [0.15, 0.2) is 53.7 Å².